The molecule has 1 aromatic carbocycles. The van der Waals surface area contributed by atoms with Crippen LogP contribution in [0.15, 0.2) is 24.3 Å². The standard InChI is InChI=1S/C26H41N3O7S/c1-7-16-29(24(33)20(14-17-37-6)28-25(34)36-26(3,4)5)22(18-9-11-19(30)12-10-18)23(32)27-15-13-21(31)35-8-2/h9-12,20,22,30H,7-8,13-17H2,1-6H3,(H,27,32)(H,28,34). The van der Waals surface area contributed by atoms with Gasteiger partial charge in [0.2, 0.25) is 11.8 Å². The van der Waals surface area contributed by atoms with E-state index >= 15 is 0 Å². The molecule has 1 rings (SSSR count). The van der Waals surface area contributed by atoms with Gasteiger partial charge in [-0.2, -0.15) is 11.8 Å². The van der Waals surface area contributed by atoms with Gasteiger partial charge in [-0.05, 0) is 70.2 Å². The van der Waals surface area contributed by atoms with Gasteiger partial charge in [-0.3, -0.25) is 14.4 Å². The number of rotatable bonds is 14. The number of amides is 3. The molecule has 3 N–H and O–H groups in total. The number of phenols is 1. The molecule has 2 unspecified atom stereocenters. The van der Waals surface area contributed by atoms with Crippen molar-refractivity contribution >= 4 is 35.6 Å². The lowest BCUT2D eigenvalue weighted by molar-refractivity contribution is -0.144. The molecule has 0 saturated carbocycles. The van der Waals surface area contributed by atoms with Crippen molar-refractivity contribution in [2.24, 2.45) is 0 Å². The molecule has 37 heavy (non-hydrogen) atoms. The van der Waals surface area contributed by atoms with Crippen molar-refractivity contribution in [2.75, 3.05) is 31.7 Å². The average molecular weight is 540 g/mol. The fourth-order valence-corrected chi connectivity index (χ4v) is 3.97. The number of phenolic OH excluding ortho intramolecular Hbond substituents is 1. The Morgan fingerprint density at radius 1 is 1.11 bits per heavy atom. The van der Waals surface area contributed by atoms with Crippen LogP contribution in [-0.2, 0) is 23.9 Å². The molecule has 10 nitrogen and oxygen atoms in total. The minimum Gasteiger partial charge on any atom is -0.508 e. The molecular formula is C26H41N3O7S. The first kappa shape index (κ1) is 32.1. The Bertz CT molecular complexity index is 887. The quantitative estimate of drug-likeness (QED) is 0.306. The summed E-state index contributed by atoms with van der Waals surface area (Å²) in [6.07, 6.45) is 2.06. The van der Waals surface area contributed by atoms with Gasteiger partial charge in [0.1, 0.15) is 23.4 Å². The normalized spacial score (nSPS) is 12.7. The van der Waals surface area contributed by atoms with E-state index in [0.29, 0.717) is 24.2 Å². The number of esters is 1. The molecule has 2 atom stereocenters. The summed E-state index contributed by atoms with van der Waals surface area (Å²) in [6.45, 7) is 9.29. The number of nitrogens with zero attached hydrogens (tertiary/aromatic N) is 1. The number of alkyl carbamates (subject to hydrolysis) is 1. The van der Waals surface area contributed by atoms with Crippen molar-refractivity contribution in [3.63, 3.8) is 0 Å². The molecule has 0 saturated heterocycles. The summed E-state index contributed by atoms with van der Waals surface area (Å²) < 4.78 is 10.3. The van der Waals surface area contributed by atoms with E-state index in [-0.39, 0.29) is 31.9 Å². The van der Waals surface area contributed by atoms with Gasteiger partial charge in [0.15, 0.2) is 0 Å². The zero-order valence-electron chi connectivity index (χ0n) is 22.7. The molecule has 0 heterocycles. The number of carbonyl (C=O) groups is 4. The minimum absolute atomic E-state index is 0.0137. The maximum Gasteiger partial charge on any atom is 0.408 e. The van der Waals surface area contributed by atoms with Gasteiger partial charge in [0, 0.05) is 13.1 Å². The van der Waals surface area contributed by atoms with Gasteiger partial charge >= 0.3 is 12.1 Å². The lowest BCUT2D eigenvalue weighted by Gasteiger charge is -2.34. The third-order valence-corrected chi connectivity index (χ3v) is 5.69. The molecule has 0 fully saturated rings. The van der Waals surface area contributed by atoms with E-state index in [1.54, 1.807) is 39.8 Å². The van der Waals surface area contributed by atoms with Crippen molar-refractivity contribution in [2.45, 2.75) is 71.6 Å². The van der Waals surface area contributed by atoms with Crippen LogP contribution in [0.2, 0.25) is 0 Å². The van der Waals surface area contributed by atoms with E-state index in [0.717, 1.165) is 0 Å². The van der Waals surface area contributed by atoms with Gasteiger partial charge in [0.05, 0.1) is 13.0 Å². The monoisotopic (exact) mass is 539 g/mol. The van der Waals surface area contributed by atoms with Crippen LogP contribution in [0.5, 0.6) is 5.75 Å². The number of hydrogen-bond acceptors (Lipinski definition) is 8. The molecule has 0 aliphatic rings. The molecule has 0 radical (unpaired) electrons. The van der Waals surface area contributed by atoms with Crippen molar-refractivity contribution < 1.29 is 33.8 Å². The molecule has 0 bridgehead atoms. The highest BCUT2D eigenvalue weighted by Gasteiger charge is 2.35. The maximum absolute atomic E-state index is 13.8. The van der Waals surface area contributed by atoms with Crippen LogP contribution in [0.4, 0.5) is 4.79 Å². The molecule has 3 amide bonds. The smallest absolute Gasteiger partial charge is 0.408 e. The van der Waals surface area contributed by atoms with Crippen molar-refractivity contribution in [3.05, 3.63) is 29.8 Å². The number of hydrogen-bond donors (Lipinski definition) is 3. The Balaban J connectivity index is 3.29. The topological polar surface area (TPSA) is 134 Å². The number of carbonyl (C=O) groups excluding carboxylic acids is 4. The minimum atomic E-state index is -1.05. The van der Waals surface area contributed by atoms with Gasteiger partial charge in [-0.25, -0.2) is 4.79 Å². The summed E-state index contributed by atoms with van der Waals surface area (Å²) in [5, 5.41) is 15.2. The number of aromatic hydroxyl groups is 1. The first-order chi connectivity index (χ1) is 17.4. The third kappa shape index (κ3) is 11.8. The Hall–Kier alpha value is -2.95. The van der Waals surface area contributed by atoms with Gasteiger partial charge in [-0.1, -0.05) is 19.1 Å². The molecular weight excluding hydrogens is 498 g/mol. The van der Waals surface area contributed by atoms with Gasteiger partial charge in [0.25, 0.3) is 0 Å². The predicted octanol–water partition coefficient (Wildman–Crippen LogP) is 3.39. The Morgan fingerprint density at radius 2 is 1.76 bits per heavy atom. The highest BCUT2D eigenvalue weighted by molar-refractivity contribution is 7.98. The van der Waals surface area contributed by atoms with Crippen LogP contribution in [0, 0.1) is 0 Å². The molecule has 11 heteroatoms. The Morgan fingerprint density at radius 3 is 2.30 bits per heavy atom. The third-order valence-electron chi connectivity index (χ3n) is 5.05. The number of ether oxygens (including phenoxy) is 2. The predicted molar refractivity (Wildman–Crippen MR) is 143 cm³/mol. The molecule has 1 aromatic rings. The fraction of sp³-hybridized carbons (Fsp3) is 0.615. The van der Waals surface area contributed by atoms with Crippen LogP contribution in [0.1, 0.15) is 65.5 Å². The average Bonchev–Trinajstić information content (AvgIpc) is 2.81. The number of benzene rings is 1. The lowest BCUT2D eigenvalue weighted by atomic mass is 10.0. The summed E-state index contributed by atoms with van der Waals surface area (Å²) in [7, 11) is 0. The number of thioether (sulfide) groups is 1. The zero-order chi connectivity index (χ0) is 28.0. The molecule has 0 aliphatic carbocycles. The van der Waals surface area contributed by atoms with Crippen LogP contribution >= 0.6 is 11.8 Å². The summed E-state index contributed by atoms with van der Waals surface area (Å²) in [4.78, 5) is 52.9. The number of nitrogens with one attached hydrogen (secondary N) is 2. The second kappa shape index (κ2) is 16.0. The highest BCUT2D eigenvalue weighted by Crippen LogP contribution is 2.25. The SMILES string of the molecule is CCCN(C(=O)C(CCSC)NC(=O)OC(C)(C)C)C(C(=O)NCCC(=O)OCC)c1ccc(O)cc1. The molecule has 0 aromatic heterocycles. The molecule has 208 valence electrons. The van der Waals surface area contributed by atoms with Crippen LogP contribution in [0.25, 0.3) is 0 Å². The van der Waals surface area contributed by atoms with Crippen LogP contribution < -0.4 is 10.6 Å². The largest absolute Gasteiger partial charge is 0.508 e. The first-order valence-electron chi connectivity index (χ1n) is 12.4. The second-order valence-corrected chi connectivity index (χ2v) is 10.3. The van der Waals surface area contributed by atoms with Gasteiger partial charge < -0.3 is 30.1 Å². The van der Waals surface area contributed by atoms with E-state index in [1.165, 1.54) is 28.8 Å². The summed E-state index contributed by atoms with van der Waals surface area (Å²) >= 11 is 1.53. The van der Waals surface area contributed by atoms with Crippen molar-refractivity contribution in [1.82, 2.24) is 15.5 Å². The van der Waals surface area contributed by atoms with Crippen molar-refractivity contribution in [3.8, 4) is 5.75 Å². The second-order valence-electron chi connectivity index (χ2n) is 9.35. The van der Waals surface area contributed by atoms with Crippen molar-refractivity contribution in [1.29, 1.82) is 0 Å². The first-order valence-corrected chi connectivity index (χ1v) is 13.8. The summed E-state index contributed by atoms with van der Waals surface area (Å²) in [5.41, 5.74) is -0.262. The molecule has 0 spiro atoms. The fourth-order valence-electron chi connectivity index (χ4n) is 3.50. The Kier molecular flexibility index (Phi) is 13.9. The lowest BCUT2D eigenvalue weighted by Crippen LogP contribution is -2.53. The van der Waals surface area contributed by atoms with Crippen LogP contribution in [-0.4, -0.2) is 77.2 Å². The van der Waals surface area contributed by atoms with Crippen LogP contribution in [0.3, 0.4) is 0 Å². The van der Waals surface area contributed by atoms with E-state index < -0.39 is 41.6 Å². The van der Waals surface area contributed by atoms with E-state index in [2.05, 4.69) is 10.6 Å². The summed E-state index contributed by atoms with van der Waals surface area (Å²) in [6, 6.07) is 4.05. The van der Waals surface area contributed by atoms with E-state index in [4.69, 9.17) is 9.47 Å². The van der Waals surface area contributed by atoms with E-state index in [1.807, 2.05) is 13.2 Å². The Labute approximate surface area is 223 Å². The molecule has 0 aliphatic heterocycles. The summed E-state index contributed by atoms with van der Waals surface area (Å²) in [5.74, 6) is -0.743. The maximum atomic E-state index is 13.8. The van der Waals surface area contributed by atoms with Gasteiger partial charge in [-0.15, -0.1) is 0 Å². The van der Waals surface area contributed by atoms with E-state index in [9.17, 15) is 24.3 Å². The zero-order valence-corrected chi connectivity index (χ0v) is 23.5. The highest BCUT2D eigenvalue weighted by atomic mass is 32.2.